The number of hydrogen-bond acceptors (Lipinski definition) is 5. The molecule has 0 radical (unpaired) electrons. The average Bonchev–Trinajstić information content (AvgIpc) is 2.89. The van der Waals surface area contributed by atoms with E-state index in [1.165, 1.54) is 18.5 Å². The van der Waals surface area contributed by atoms with E-state index in [0.717, 1.165) is 5.69 Å². The fourth-order valence-corrected chi connectivity index (χ4v) is 2.83. The van der Waals surface area contributed by atoms with E-state index in [1.54, 1.807) is 17.7 Å². The van der Waals surface area contributed by atoms with Gasteiger partial charge in [0.05, 0.1) is 5.69 Å². The van der Waals surface area contributed by atoms with Gasteiger partial charge in [0.25, 0.3) is 16.0 Å². The molecule has 0 bridgehead atoms. The fourth-order valence-electron chi connectivity index (χ4n) is 1.93. The molecule has 0 aliphatic carbocycles. The molecule has 0 spiro atoms. The number of pyridine rings is 1. The molecule has 8 heteroatoms. The lowest BCUT2D eigenvalue weighted by atomic mass is 10.3. The standard InChI is InChI=1S/C14H13N5O2S/c1-11-16-14(17-19(11)12-6-3-2-4-7-12)18-22(20,21)13-8-5-9-15-10-13/h2-10H,1H3,(H,17,18). The van der Waals surface area contributed by atoms with Gasteiger partial charge in [0.1, 0.15) is 10.7 Å². The summed E-state index contributed by atoms with van der Waals surface area (Å²) in [5, 5.41) is 4.19. The van der Waals surface area contributed by atoms with E-state index in [9.17, 15) is 8.42 Å². The molecule has 3 rings (SSSR count). The van der Waals surface area contributed by atoms with Crippen molar-refractivity contribution in [1.82, 2.24) is 19.7 Å². The number of rotatable bonds is 4. The van der Waals surface area contributed by atoms with Gasteiger partial charge >= 0.3 is 0 Å². The Morgan fingerprint density at radius 2 is 1.86 bits per heavy atom. The summed E-state index contributed by atoms with van der Waals surface area (Å²) in [5.41, 5.74) is 0.805. The van der Waals surface area contributed by atoms with Crippen LogP contribution in [0.4, 0.5) is 5.95 Å². The van der Waals surface area contributed by atoms with Gasteiger partial charge in [-0.2, -0.15) is 4.98 Å². The molecular formula is C14H13N5O2S. The maximum Gasteiger partial charge on any atom is 0.265 e. The van der Waals surface area contributed by atoms with Gasteiger partial charge in [-0.05, 0) is 31.2 Å². The van der Waals surface area contributed by atoms with Crippen LogP contribution in [0.15, 0.2) is 59.8 Å². The van der Waals surface area contributed by atoms with E-state index in [2.05, 4.69) is 19.8 Å². The van der Waals surface area contributed by atoms with Crippen LogP contribution in [0.2, 0.25) is 0 Å². The van der Waals surface area contributed by atoms with Gasteiger partial charge in [0.2, 0.25) is 0 Å². The first-order valence-corrected chi connectivity index (χ1v) is 7.96. The van der Waals surface area contributed by atoms with Gasteiger partial charge in [-0.3, -0.25) is 4.98 Å². The summed E-state index contributed by atoms with van der Waals surface area (Å²) in [4.78, 5) is 8.00. The number of para-hydroxylation sites is 1. The van der Waals surface area contributed by atoms with Gasteiger partial charge in [-0.15, -0.1) is 5.10 Å². The van der Waals surface area contributed by atoms with Gasteiger partial charge in [0, 0.05) is 12.4 Å². The lowest BCUT2D eigenvalue weighted by Crippen LogP contribution is -2.14. The van der Waals surface area contributed by atoms with Gasteiger partial charge in [-0.1, -0.05) is 18.2 Å². The van der Waals surface area contributed by atoms with E-state index in [-0.39, 0.29) is 10.8 Å². The Labute approximate surface area is 127 Å². The lowest BCUT2D eigenvalue weighted by Gasteiger charge is -2.03. The fraction of sp³-hybridized carbons (Fsp3) is 0.0714. The highest BCUT2D eigenvalue weighted by molar-refractivity contribution is 7.92. The lowest BCUT2D eigenvalue weighted by molar-refractivity contribution is 0.600. The molecule has 0 atom stereocenters. The number of aryl methyl sites for hydroxylation is 1. The first kappa shape index (κ1) is 14.2. The largest absolute Gasteiger partial charge is 0.265 e. The van der Waals surface area contributed by atoms with Gasteiger partial charge in [0.15, 0.2) is 0 Å². The van der Waals surface area contributed by atoms with Crippen molar-refractivity contribution in [2.24, 2.45) is 0 Å². The maximum atomic E-state index is 12.2. The zero-order valence-corrected chi connectivity index (χ0v) is 12.5. The molecule has 2 aromatic heterocycles. The molecule has 0 unspecified atom stereocenters. The van der Waals surface area contributed by atoms with Crippen molar-refractivity contribution in [3.05, 3.63) is 60.7 Å². The molecule has 0 fully saturated rings. The molecule has 3 aromatic rings. The van der Waals surface area contributed by atoms with Crippen molar-refractivity contribution in [1.29, 1.82) is 0 Å². The number of anilines is 1. The number of sulfonamides is 1. The molecule has 1 N–H and O–H groups in total. The third-order valence-corrected chi connectivity index (χ3v) is 4.25. The minimum atomic E-state index is -3.75. The molecule has 112 valence electrons. The summed E-state index contributed by atoms with van der Waals surface area (Å²) in [6.45, 7) is 1.75. The van der Waals surface area contributed by atoms with Crippen LogP contribution in [-0.2, 0) is 10.0 Å². The summed E-state index contributed by atoms with van der Waals surface area (Å²) in [7, 11) is -3.75. The van der Waals surface area contributed by atoms with Crippen molar-refractivity contribution in [2.75, 3.05) is 4.72 Å². The zero-order chi connectivity index (χ0) is 15.6. The highest BCUT2D eigenvalue weighted by Gasteiger charge is 2.17. The molecule has 0 aliphatic heterocycles. The van der Waals surface area contributed by atoms with Crippen LogP contribution in [0, 0.1) is 6.92 Å². The summed E-state index contributed by atoms with van der Waals surface area (Å²) in [6, 6.07) is 12.4. The van der Waals surface area contributed by atoms with Crippen LogP contribution < -0.4 is 4.72 Å². The zero-order valence-electron chi connectivity index (χ0n) is 11.7. The SMILES string of the molecule is Cc1nc(NS(=O)(=O)c2cccnc2)nn1-c1ccccc1. The minimum Gasteiger partial charge on any atom is -0.263 e. The molecule has 22 heavy (non-hydrogen) atoms. The highest BCUT2D eigenvalue weighted by atomic mass is 32.2. The quantitative estimate of drug-likeness (QED) is 0.792. The Bertz CT molecular complexity index is 876. The Balaban J connectivity index is 1.92. The minimum absolute atomic E-state index is 0.0187. The molecule has 0 aliphatic rings. The second-order valence-corrected chi connectivity index (χ2v) is 6.21. The summed E-state index contributed by atoms with van der Waals surface area (Å²) < 4.78 is 28.4. The summed E-state index contributed by atoms with van der Waals surface area (Å²) in [6.07, 6.45) is 2.77. The van der Waals surface area contributed by atoms with E-state index in [0.29, 0.717) is 5.82 Å². The second-order valence-electron chi connectivity index (χ2n) is 4.52. The number of hydrogen-bond donors (Lipinski definition) is 1. The Morgan fingerprint density at radius 3 is 2.55 bits per heavy atom. The summed E-state index contributed by atoms with van der Waals surface area (Å²) >= 11 is 0. The molecule has 0 saturated heterocycles. The van der Waals surface area contributed by atoms with Crippen LogP contribution in [0.5, 0.6) is 0 Å². The van der Waals surface area contributed by atoms with E-state index >= 15 is 0 Å². The Kier molecular flexibility index (Phi) is 3.60. The maximum absolute atomic E-state index is 12.2. The molecule has 0 amide bonds. The van der Waals surface area contributed by atoms with Crippen LogP contribution in [0.1, 0.15) is 5.82 Å². The third kappa shape index (κ3) is 2.82. The van der Waals surface area contributed by atoms with Gasteiger partial charge in [-0.25, -0.2) is 17.8 Å². The number of aromatic nitrogens is 4. The van der Waals surface area contributed by atoms with Crippen molar-refractivity contribution in [2.45, 2.75) is 11.8 Å². The summed E-state index contributed by atoms with van der Waals surface area (Å²) in [5.74, 6) is 0.597. The van der Waals surface area contributed by atoms with Crippen molar-refractivity contribution < 1.29 is 8.42 Å². The van der Waals surface area contributed by atoms with Crippen LogP contribution in [-0.4, -0.2) is 28.2 Å². The van der Waals surface area contributed by atoms with Crippen molar-refractivity contribution >= 4 is 16.0 Å². The van der Waals surface area contributed by atoms with Crippen LogP contribution in [0.25, 0.3) is 5.69 Å². The molecule has 1 aromatic carbocycles. The van der Waals surface area contributed by atoms with Crippen molar-refractivity contribution in [3.8, 4) is 5.69 Å². The topological polar surface area (TPSA) is 89.8 Å². The predicted molar refractivity (Wildman–Crippen MR) is 81.1 cm³/mol. The van der Waals surface area contributed by atoms with E-state index < -0.39 is 10.0 Å². The normalized spacial score (nSPS) is 11.3. The van der Waals surface area contributed by atoms with E-state index in [1.807, 2.05) is 30.3 Å². The molecule has 0 saturated carbocycles. The monoisotopic (exact) mass is 315 g/mol. The highest BCUT2D eigenvalue weighted by Crippen LogP contribution is 2.15. The second kappa shape index (κ2) is 5.57. The third-order valence-electron chi connectivity index (χ3n) is 2.94. The van der Waals surface area contributed by atoms with Gasteiger partial charge < -0.3 is 0 Å². The number of nitrogens with one attached hydrogen (secondary N) is 1. The molecule has 7 nitrogen and oxygen atoms in total. The number of nitrogens with zero attached hydrogens (tertiary/aromatic N) is 4. The smallest absolute Gasteiger partial charge is 0.263 e. The Hall–Kier alpha value is -2.74. The van der Waals surface area contributed by atoms with Crippen molar-refractivity contribution in [3.63, 3.8) is 0 Å². The predicted octanol–water partition coefficient (Wildman–Crippen LogP) is 1.77. The first-order valence-electron chi connectivity index (χ1n) is 6.48. The first-order chi connectivity index (χ1) is 10.6. The molecule has 2 heterocycles. The molecular weight excluding hydrogens is 302 g/mol. The number of benzene rings is 1. The van der Waals surface area contributed by atoms with Crippen LogP contribution in [0.3, 0.4) is 0 Å². The van der Waals surface area contributed by atoms with Crippen LogP contribution >= 0.6 is 0 Å². The average molecular weight is 315 g/mol. The Morgan fingerprint density at radius 1 is 1.09 bits per heavy atom. The van der Waals surface area contributed by atoms with E-state index in [4.69, 9.17) is 0 Å².